The van der Waals surface area contributed by atoms with Gasteiger partial charge in [-0.25, -0.2) is 4.79 Å². The molecule has 0 saturated heterocycles. The molecule has 1 N–H and O–H groups in total. The number of halogens is 1. The van der Waals surface area contributed by atoms with Crippen LogP contribution in [0.1, 0.15) is 33.6 Å². The summed E-state index contributed by atoms with van der Waals surface area (Å²) in [5.74, 6) is 1.42. The van der Waals surface area contributed by atoms with E-state index in [1.165, 1.54) is 0 Å². The van der Waals surface area contributed by atoms with Gasteiger partial charge >= 0.3 is 6.09 Å². The molecule has 0 radical (unpaired) electrons. The second kappa shape index (κ2) is 6.36. The van der Waals surface area contributed by atoms with Crippen molar-refractivity contribution in [1.29, 1.82) is 0 Å². The van der Waals surface area contributed by atoms with E-state index in [0.29, 0.717) is 12.4 Å². The lowest BCUT2D eigenvalue weighted by atomic mass is 10.2. The zero-order valence-corrected chi connectivity index (χ0v) is 15.0. The second-order valence-electron chi connectivity index (χ2n) is 6.49. The number of rotatable bonds is 5. The number of benzene rings is 1. The van der Waals surface area contributed by atoms with Gasteiger partial charge in [0.2, 0.25) is 0 Å². The Balaban J connectivity index is 1.92. The summed E-state index contributed by atoms with van der Waals surface area (Å²) in [6.45, 7) is 5.93. The maximum absolute atomic E-state index is 11.9. The molecule has 1 aliphatic rings. The quantitative estimate of drug-likeness (QED) is 0.852. The van der Waals surface area contributed by atoms with Crippen molar-refractivity contribution in [2.45, 2.75) is 44.8 Å². The van der Waals surface area contributed by atoms with Crippen molar-refractivity contribution < 1.29 is 19.0 Å². The number of amides is 1. The van der Waals surface area contributed by atoms with Crippen molar-refractivity contribution in [3.05, 3.63) is 22.7 Å². The number of alkyl carbamates (subject to hydrolysis) is 1. The molecule has 0 unspecified atom stereocenters. The van der Waals surface area contributed by atoms with Gasteiger partial charge in [-0.3, -0.25) is 0 Å². The third kappa shape index (κ3) is 4.80. The zero-order chi connectivity index (χ0) is 16.4. The first-order valence-corrected chi connectivity index (χ1v) is 8.00. The van der Waals surface area contributed by atoms with Crippen molar-refractivity contribution >= 4 is 22.0 Å². The third-order valence-corrected chi connectivity index (χ3v) is 3.92. The fourth-order valence-electron chi connectivity index (χ4n) is 1.91. The molecular weight excluding hydrogens is 350 g/mol. The SMILES string of the molecule is COc1ccc(Br)c(OCC2(NC(=O)OC(C)(C)C)CC2)c1. The van der Waals surface area contributed by atoms with Crippen LogP contribution in [0.25, 0.3) is 0 Å². The Morgan fingerprint density at radius 2 is 2.05 bits per heavy atom. The van der Waals surface area contributed by atoms with Crippen LogP contribution in [0.3, 0.4) is 0 Å². The number of ether oxygens (including phenoxy) is 3. The minimum atomic E-state index is -0.503. The average molecular weight is 372 g/mol. The van der Waals surface area contributed by atoms with E-state index in [0.717, 1.165) is 23.1 Å². The van der Waals surface area contributed by atoms with Gasteiger partial charge in [0, 0.05) is 6.07 Å². The van der Waals surface area contributed by atoms with E-state index in [4.69, 9.17) is 14.2 Å². The predicted molar refractivity (Wildman–Crippen MR) is 87.5 cm³/mol. The predicted octanol–water partition coefficient (Wildman–Crippen LogP) is 3.89. The summed E-state index contributed by atoms with van der Waals surface area (Å²) >= 11 is 3.45. The van der Waals surface area contributed by atoms with E-state index in [1.54, 1.807) is 7.11 Å². The summed E-state index contributed by atoms with van der Waals surface area (Å²) in [6.07, 6.45) is 1.36. The van der Waals surface area contributed by atoms with Gasteiger partial charge in [-0.2, -0.15) is 0 Å². The molecule has 0 heterocycles. The molecule has 1 aromatic rings. The summed E-state index contributed by atoms with van der Waals surface area (Å²) in [6, 6.07) is 5.53. The largest absolute Gasteiger partial charge is 0.497 e. The summed E-state index contributed by atoms with van der Waals surface area (Å²) in [5, 5.41) is 2.91. The first-order chi connectivity index (χ1) is 10.2. The maximum atomic E-state index is 11.9. The molecule has 1 fully saturated rings. The Morgan fingerprint density at radius 1 is 1.36 bits per heavy atom. The van der Waals surface area contributed by atoms with Gasteiger partial charge in [0.1, 0.15) is 23.7 Å². The zero-order valence-electron chi connectivity index (χ0n) is 13.4. The molecule has 1 saturated carbocycles. The topological polar surface area (TPSA) is 56.8 Å². The average Bonchev–Trinajstić information content (AvgIpc) is 3.15. The second-order valence-corrected chi connectivity index (χ2v) is 7.35. The van der Waals surface area contributed by atoms with Crippen LogP contribution in [0.2, 0.25) is 0 Å². The minimum absolute atomic E-state index is 0.329. The van der Waals surface area contributed by atoms with E-state index in [2.05, 4.69) is 21.2 Å². The Bertz CT molecular complexity index is 550. The van der Waals surface area contributed by atoms with Gasteiger partial charge in [0.25, 0.3) is 0 Å². The van der Waals surface area contributed by atoms with Crippen molar-refractivity contribution in [1.82, 2.24) is 5.32 Å². The molecule has 2 rings (SSSR count). The van der Waals surface area contributed by atoms with Crippen molar-refractivity contribution in [3.63, 3.8) is 0 Å². The van der Waals surface area contributed by atoms with E-state index in [-0.39, 0.29) is 5.54 Å². The van der Waals surface area contributed by atoms with Crippen LogP contribution in [-0.4, -0.2) is 30.9 Å². The van der Waals surface area contributed by atoms with Crippen LogP contribution in [0, 0.1) is 0 Å². The Kier molecular flexibility index (Phi) is 4.90. The number of carbonyl (C=O) groups excluding carboxylic acids is 1. The molecule has 1 amide bonds. The molecule has 22 heavy (non-hydrogen) atoms. The number of methoxy groups -OCH3 is 1. The number of hydrogen-bond acceptors (Lipinski definition) is 4. The Morgan fingerprint density at radius 3 is 2.59 bits per heavy atom. The lowest BCUT2D eigenvalue weighted by Crippen LogP contribution is -2.44. The lowest BCUT2D eigenvalue weighted by Gasteiger charge is -2.23. The van der Waals surface area contributed by atoms with Gasteiger partial charge in [-0.15, -0.1) is 0 Å². The molecule has 0 aromatic heterocycles. The number of nitrogens with one attached hydrogen (secondary N) is 1. The summed E-state index contributed by atoms with van der Waals surface area (Å²) < 4.78 is 17.2. The van der Waals surface area contributed by atoms with Gasteiger partial charge in [0.05, 0.1) is 17.1 Å². The standard InChI is InChI=1S/C16H22BrNO4/c1-15(2,3)22-14(19)18-16(7-8-16)10-21-13-9-11(20-4)5-6-12(13)17/h5-6,9H,7-8,10H2,1-4H3,(H,18,19). The highest BCUT2D eigenvalue weighted by Gasteiger charge is 2.46. The van der Waals surface area contributed by atoms with E-state index < -0.39 is 11.7 Å². The smallest absolute Gasteiger partial charge is 0.408 e. The first-order valence-electron chi connectivity index (χ1n) is 7.21. The van der Waals surface area contributed by atoms with Gasteiger partial charge in [-0.05, 0) is 61.7 Å². The van der Waals surface area contributed by atoms with Gasteiger partial charge in [-0.1, -0.05) is 0 Å². The molecule has 0 aliphatic heterocycles. The fraction of sp³-hybridized carbons (Fsp3) is 0.562. The van der Waals surface area contributed by atoms with Crippen LogP contribution in [-0.2, 0) is 4.74 Å². The lowest BCUT2D eigenvalue weighted by molar-refractivity contribution is 0.0477. The molecule has 0 bridgehead atoms. The van der Waals surface area contributed by atoms with Crippen LogP contribution >= 0.6 is 15.9 Å². The van der Waals surface area contributed by atoms with Gasteiger partial charge in [0.15, 0.2) is 0 Å². The van der Waals surface area contributed by atoms with Crippen molar-refractivity contribution in [2.75, 3.05) is 13.7 Å². The summed E-state index contributed by atoms with van der Waals surface area (Å²) in [7, 11) is 1.61. The molecule has 1 aliphatic carbocycles. The number of carbonyl (C=O) groups is 1. The highest BCUT2D eigenvalue weighted by molar-refractivity contribution is 9.10. The summed E-state index contributed by atoms with van der Waals surface area (Å²) in [4.78, 5) is 11.9. The van der Waals surface area contributed by atoms with E-state index in [1.807, 2.05) is 39.0 Å². The van der Waals surface area contributed by atoms with Crippen LogP contribution in [0.4, 0.5) is 4.79 Å². The molecule has 6 heteroatoms. The first kappa shape index (κ1) is 16.9. The van der Waals surface area contributed by atoms with Crippen LogP contribution in [0.15, 0.2) is 22.7 Å². The highest BCUT2D eigenvalue weighted by atomic mass is 79.9. The van der Waals surface area contributed by atoms with Crippen LogP contribution < -0.4 is 14.8 Å². The molecule has 5 nitrogen and oxygen atoms in total. The molecule has 1 aromatic carbocycles. The van der Waals surface area contributed by atoms with Crippen molar-refractivity contribution in [3.8, 4) is 11.5 Å². The monoisotopic (exact) mass is 371 g/mol. The maximum Gasteiger partial charge on any atom is 0.408 e. The Hall–Kier alpha value is -1.43. The van der Waals surface area contributed by atoms with E-state index >= 15 is 0 Å². The Labute approximate surface area is 139 Å². The minimum Gasteiger partial charge on any atom is -0.497 e. The van der Waals surface area contributed by atoms with Crippen molar-refractivity contribution in [2.24, 2.45) is 0 Å². The molecule has 0 atom stereocenters. The number of hydrogen-bond donors (Lipinski definition) is 1. The third-order valence-electron chi connectivity index (χ3n) is 3.26. The molecular formula is C16H22BrNO4. The summed E-state index contributed by atoms with van der Waals surface area (Å²) in [5.41, 5.74) is -0.832. The normalized spacial score (nSPS) is 15.9. The fourth-order valence-corrected chi connectivity index (χ4v) is 2.27. The van der Waals surface area contributed by atoms with Gasteiger partial charge < -0.3 is 19.5 Å². The van der Waals surface area contributed by atoms with Crippen LogP contribution in [0.5, 0.6) is 11.5 Å². The highest BCUT2D eigenvalue weighted by Crippen LogP contribution is 2.38. The van der Waals surface area contributed by atoms with E-state index in [9.17, 15) is 4.79 Å². The molecule has 122 valence electrons. The molecule has 0 spiro atoms.